The molecule has 0 aliphatic carbocycles. The van der Waals surface area contributed by atoms with Gasteiger partial charge in [-0.3, -0.25) is 4.79 Å². The summed E-state index contributed by atoms with van der Waals surface area (Å²) in [6.07, 6.45) is 3.32. The van der Waals surface area contributed by atoms with Crippen molar-refractivity contribution >= 4 is 29.0 Å². The molecule has 0 bridgehead atoms. The van der Waals surface area contributed by atoms with E-state index in [-0.39, 0.29) is 5.91 Å². The van der Waals surface area contributed by atoms with E-state index in [9.17, 15) is 4.79 Å². The Kier molecular flexibility index (Phi) is 6.04. The third-order valence-corrected chi connectivity index (χ3v) is 4.82. The van der Waals surface area contributed by atoms with Gasteiger partial charge in [0.1, 0.15) is 12.4 Å². The van der Waals surface area contributed by atoms with E-state index >= 15 is 0 Å². The van der Waals surface area contributed by atoms with Crippen LogP contribution in [0.3, 0.4) is 0 Å². The molecule has 3 aromatic rings. The van der Waals surface area contributed by atoms with Gasteiger partial charge in [-0.2, -0.15) is 0 Å². The maximum atomic E-state index is 12.1. The van der Waals surface area contributed by atoms with Gasteiger partial charge in [0.2, 0.25) is 5.91 Å². The van der Waals surface area contributed by atoms with Crippen LogP contribution in [0.1, 0.15) is 27.4 Å². The zero-order chi connectivity index (χ0) is 19.2. The molecule has 1 N–H and O–H groups in total. The number of aryl methyl sites for hydroxylation is 3. The van der Waals surface area contributed by atoms with E-state index in [1.807, 2.05) is 68.6 Å². The maximum Gasteiger partial charge on any atom is 0.248 e. The number of carbonyl (C=O) groups is 1. The van der Waals surface area contributed by atoms with Gasteiger partial charge < -0.3 is 10.1 Å². The summed E-state index contributed by atoms with van der Waals surface area (Å²) in [5.74, 6) is 0.624. The third-order valence-electron chi connectivity index (χ3n) is 4.00. The lowest BCUT2D eigenvalue weighted by Crippen LogP contribution is -2.08. The number of ether oxygens (including phenoxy) is 1. The maximum absolute atomic E-state index is 12.1. The van der Waals surface area contributed by atoms with Crippen molar-refractivity contribution in [2.24, 2.45) is 0 Å². The summed E-state index contributed by atoms with van der Waals surface area (Å²) >= 11 is 1.62. The highest BCUT2D eigenvalue weighted by Crippen LogP contribution is 2.18. The van der Waals surface area contributed by atoms with E-state index in [1.54, 1.807) is 17.4 Å². The summed E-state index contributed by atoms with van der Waals surface area (Å²) in [6.45, 7) is 6.45. The Morgan fingerprint density at radius 2 is 1.93 bits per heavy atom. The first-order chi connectivity index (χ1) is 13.0. The summed E-state index contributed by atoms with van der Waals surface area (Å²) in [6, 6.07) is 13.6. The summed E-state index contributed by atoms with van der Waals surface area (Å²) in [5, 5.41) is 5.94. The number of nitrogens with one attached hydrogen (secondary N) is 1. The molecule has 4 nitrogen and oxygen atoms in total. The van der Waals surface area contributed by atoms with Gasteiger partial charge in [-0.15, -0.1) is 11.3 Å². The Labute approximate surface area is 163 Å². The van der Waals surface area contributed by atoms with E-state index in [4.69, 9.17) is 4.74 Å². The quantitative estimate of drug-likeness (QED) is 0.592. The molecule has 138 valence electrons. The Hall–Kier alpha value is -2.92. The molecule has 0 saturated heterocycles. The van der Waals surface area contributed by atoms with Crippen LogP contribution in [-0.4, -0.2) is 10.9 Å². The van der Waals surface area contributed by atoms with Crippen LogP contribution >= 0.6 is 11.3 Å². The molecular weight excluding hydrogens is 356 g/mol. The SMILES string of the molecule is Cc1ccc(NC(=O)C=Cc2ccc(OCc3csc(C)n3)cc2)c(C)c1. The van der Waals surface area contributed by atoms with E-state index in [1.165, 1.54) is 11.6 Å². The molecule has 0 radical (unpaired) electrons. The highest BCUT2D eigenvalue weighted by atomic mass is 32.1. The van der Waals surface area contributed by atoms with Crippen LogP contribution in [0.25, 0.3) is 6.08 Å². The summed E-state index contributed by atoms with van der Waals surface area (Å²) in [4.78, 5) is 16.5. The zero-order valence-electron chi connectivity index (χ0n) is 15.7. The minimum absolute atomic E-state index is 0.152. The molecule has 1 heterocycles. The number of carbonyl (C=O) groups excluding carboxylic acids is 1. The van der Waals surface area contributed by atoms with Crippen molar-refractivity contribution in [2.75, 3.05) is 5.32 Å². The lowest BCUT2D eigenvalue weighted by molar-refractivity contribution is -0.111. The number of nitrogens with zero attached hydrogens (tertiary/aromatic N) is 1. The second-order valence-electron chi connectivity index (χ2n) is 6.36. The molecule has 0 aliphatic rings. The number of thiazole rings is 1. The molecule has 0 saturated carbocycles. The fraction of sp³-hybridized carbons (Fsp3) is 0.182. The number of benzene rings is 2. The Morgan fingerprint density at radius 3 is 2.59 bits per heavy atom. The molecule has 2 aromatic carbocycles. The first-order valence-electron chi connectivity index (χ1n) is 8.70. The van der Waals surface area contributed by atoms with Crippen LogP contribution < -0.4 is 10.1 Å². The summed E-state index contributed by atoms with van der Waals surface area (Å²) < 4.78 is 5.73. The first-order valence-corrected chi connectivity index (χ1v) is 9.58. The predicted octanol–water partition coefficient (Wildman–Crippen LogP) is 5.30. The molecule has 5 heteroatoms. The minimum Gasteiger partial charge on any atom is -0.487 e. The van der Waals surface area contributed by atoms with Crippen LogP contribution in [0.5, 0.6) is 5.75 Å². The van der Waals surface area contributed by atoms with Crippen molar-refractivity contribution in [3.05, 3.63) is 81.3 Å². The summed E-state index contributed by atoms with van der Waals surface area (Å²) in [5.41, 5.74) is 4.92. The van der Waals surface area contributed by atoms with Gasteiger partial charge in [-0.1, -0.05) is 29.8 Å². The molecule has 0 atom stereocenters. The van der Waals surface area contributed by atoms with Crippen molar-refractivity contribution in [1.82, 2.24) is 4.98 Å². The fourth-order valence-electron chi connectivity index (χ4n) is 2.61. The van der Waals surface area contributed by atoms with Crippen molar-refractivity contribution in [3.8, 4) is 5.75 Å². The third kappa shape index (κ3) is 5.53. The molecule has 0 spiro atoms. The smallest absolute Gasteiger partial charge is 0.248 e. The van der Waals surface area contributed by atoms with Gasteiger partial charge >= 0.3 is 0 Å². The lowest BCUT2D eigenvalue weighted by Gasteiger charge is -2.07. The number of anilines is 1. The topological polar surface area (TPSA) is 51.2 Å². The van der Waals surface area contributed by atoms with Crippen molar-refractivity contribution < 1.29 is 9.53 Å². The second kappa shape index (κ2) is 8.64. The van der Waals surface area contributed by atoms with Crippen molar-refractivity contribution in [2.45, 2.75) is 27.4 Å². The Bertz CT molecular complexity index is 959. The number of aromatic nitrogens is 1. The second-order valence-corrected chi connectivity index (χ2v) is 7.42. The Balaban J connectivity index is 1.54. The first kappa shape index (κ1) is 18.9. The average Bonchev–Trinajstić information content (AvgIpc) is 3.07. The molecule has 27 heavy (non-hydrogen) atoms. The highest BCUT2D eigenvalue weighted by molar-refractivity contribution is 7.09. The molecule has 1 amide bonds. The van der Waals surface area contributed by atoms with Gasteiger partial charge in [0, 0.05) is 17.1 Å². The number of hydrogen-bond donors (Lipinski definition) is 1. The molecule has 0 aliphatic heterocycles. The molecule has 1 aromatic heterocycles. The number of amides is 1. The number of hydrogen-bond acceptors (Lipinski definition) is 4. The molecule has 0 fully saturated rings. The normalized spacial score (nSPS) is 10.9. The van der Waals surface area contributed by atoms with Gasteiger partial charge in [0.05, 0.1) is 10.7 Å². The van der Waals surface area contributed by atoms with Crippen LogP contribution in [0.2, 0.25) is 0 Å². The monoisotopic (exact) mass is 378 g/mol. The van der Waals surface area contributed by atoms with Gasteiger partial charge in [0.25, 0.3) is 0 Å². The van der Waals surface area contributed by atoms with Crippen LogP contribution in [0.4, 0.5) is 5.69 Å². The van der Waals surface area contributed by atoms with Crippen molar-refractivity contribution in [1.29, 1.82) is 0 Å². The summed E-state index contributed by atoms with van der Waals surface area (Å²) in [7, 11) is 0. The Morgan fingerprint density at radius 1 is 1.15 bits per heavy atom. The lowest BCUT2D eigenvalue weighted by atomic mass is 10.1. The van der Waals surface area contributed by atoms with Gasteiger partial charge in [-0.05, 0) is 56.2 Å². The number of rotatable bonds is 6. The highest BCUT2D eigenvalue weighted by Gasteiger charge is 2.02. The van der Waals surface area contributed by atoms with Crippen molar-refractivity contribution in [3.63, 3.8) is 0 Å². The van der Waals surface area contributed by atoms with Gasteiger partial charge in [0.15, 0.2) is 0 Å². The largest absolute Gasteiger partial charge is 0.487 e. The molecular formula is C22H22N2O2S. The fourth-order valence-corrected chi connectivity index (χ4v) is 3.20. The van der Waals surface area contributed by atoms with Crippen LogP contribution in [0, 0.1) is 20.8 Å². The van der Waals surface area contributed by atoms with E-state index in [0.29, 0.717) is 6.61 Å². The van der Waals surface area contributed by atoms with E-state index in [0.717, 1.165) is 33.3 Å². The van der Waals surface area contributed by atoms with Gasteiger partial charge in [-0.25, -0.2) is 4.98 Å². The zero-order valence-corrected chi connectivity index (χ0v) is 16.5. The average molecular weight is 378 g/mol. The standard InChI is InChI=1S/C22H22N2O2S/c1-15-4-10-21(16(2)12-15)24-22(25)11-7-18-5-8-20(9-6-18)26-13-19-14-27-17(3)23-19/h4-12,14H,13H2,1-3H3,(H,24,25). The molecule has 0 unspecified atom stereocenters. The van der Waals surface area contributed by atoms with E-state index < -0.39 is 0 Å². The minimum atomic E-state index is -0.152. The predicted molar refractivity (Wildman–Crippen MR) is 111 cm³/mol. The van der Waals surface area contributed by atoms with Crippen LogP contribution in [-0.2, 0) is 11.4 Å². The van der Waals surface area contributed by atoms with E-state index in [2.05, 4.69) is 10.3 Å². The molecule has 3 rings (SSSR count). The van der Waals surface area contributed by atoms with Crippen LogP contribution in [0.15, 0.2) is 53.9 Å².